The molecule has 5 rings (SSSR count). The van der Waals surface area contributed by atoms with Crippen LogP contribution < -0.4 is 5.32 Å². The third-order valence-corrected chi connectivity index (χ3v) is 9.05. The van der Waals surface area contributed by atoms with Crippen LogP contribution in [0.5, 0.6) is 0 Å². The van der Waals surface area contributed by atoms with Crippen LogP contribution in [-0.2, 0) is 10.8 Å². The predicted molar refractivity (Wildman–Crippen MR) is 164 cm³/mol. The average molecular weight is 559 g/mol. The minimum atomic E-state index is -0.325. The average Bonchev–Trinajstić information content (AvgIpc) is 2.99. The van der Waals surface area contributed by atoms with Crippen molar-refractivity contribution in [3.05, 3.63) is 136 Å². The molecule has 0 spiro atoms. The van der Waals surface area contributed by atoms with Crippen LogP contribution >= 0.6 is 23.2 Å². The topological polar surface area (TPSA) is 28.2 Å². The maximum atomic E-state index is 6.34. The molecule has 1 aliphatic heterocycles. The zero-order valence-electron chi connectivity index (χ0n) is 22.6. The minimum Gasteiger partial charge on any atom is -0.316 e. The van der Waals surface area contributed by atoms with Crippen molar-refractivity contribution in [2.24, 2.45) is 0 Å². The zero-order valence-corrected chi connectivity index (χ0v) is 24.1. The third kappa shape index (κ3) is 6.07. The van der Waals surface area contributed by atoms with Crippen molar-refractivity contribution in [1.29, 1.82) is 0 Å². The summed E-state index contributed by atoms with van der Waals surface area (Å²) in [6.45, 7) is 7.27. The summed E-state index contributed by atoms with van der Waals surface area (Å²) in [5, 5.41) is 5.19. The van der Waals surface area contributed by atoms with Crippen LogP contribution in [0.4, 0.5) is 0 Å². The van der Waals surface area contributed by atoms with Gasteiger partial charge in [0, 0.05) is 39.8 Å². The first-order valence-electron chi connectivity index (χ1n) is 14.0. The molecule has 1 aliphatic rings. The molecule has 3 nitrogen and oxygen atoms in total. The van der Waals surface area contributed by atoms with Gasteiger partial charge in [0.1, 0.15) is 0 Å². The van der Waals surface area contributed by atoms with Gasteiger partial charge in [-0.3, -0.25) is 4.98 Å². The largest absolute Gasteiger partial charge is 0.316 e. The number of rotatable bonds is 10. The first kappa shape index (κ1) is 27.9. The fourth-order valence-corrected chi connectivity index (χ4v) is 6.52. The molecule has 0 bridgehead atoms. The molecule has 1 N–H and O–H groups in total. The van der Waals surface area contributed by atoms with E-state index in [0.29, 0.717) is 0 Å². The normalized spacial score (nSPS) is 17.0. The molecule has 2 heterocycles. The van der Waals surface area contributed by atoms with Crippen molar-refractivity contribution in [2.75, 3.05) is 32.7 Å². The van der Waals surface area contributed by atoms with Crippen LogP contribution in [0.3, 0.4) is 0 Å². The van der Waals surface area contributed by atoms with Gasteiger partial charge in [-0.2, -0.15) is 0 Å². The van der Waals surface area contributed by atoms with Crippen molar-refractivity contribution in [3.8, 4) is 0 Å². The van der Waals surface area contributed by atoms with E-state index in [1.54, 1.807) is 0 Å². The Morgan fingerprint density at radius 1 is 0.795 bits per heavy atom. The van der Waals surface area contributed by atoms with Gasteiger partial charge < -0.3 is 10.2 Å². The second kappa shape index (κ2) is 12.7. The standard InChI is InChI=1S/C34H37Cl2N3/c1-2-37-26-33(27-10-14-31(35)15-11-27)18-22-39(23-19-33)24-20-34(28-7-4-3-5-8-28,30-9-6-21-38-25-30)29-12-16-32(36)17-13-29/h3-17,21,25,37H,2,18-20,22-24,26H2,1H3. The third-order valence-electron chi connectivity index (χ3n) is 8.54. The highest BCUT2D eigenvalue weighted by Gasteiger charge is 2.39. The lowest BCUT2D eigenvalue weighted by Gasteiger charge is -2.44. The van der Waals surface area contributed by atoms with Gasteiger partial charge in [-0.1, -0.05) is 90.8 Å². The highest BCUT2D eigenvalue weighted by atomic mass is 35.5. The highest BCUT2D eigenvalue weighted by molar-refractivity contribution is 6.30. The summed E-state index contributed by atoms with van der Waals surface area (Å²) < 4.78 is 0. The SMILES string of the molecule is CCNCC1(c2ccc(Cl)cc2)CCN(CCC(c2ccccc2)(c2ccc(Cl)cc2)c2cccnc2)CC1. The van der Waals surface area contributed by atoms with Gasteiger partial charge in [-0.05, 0) is 98.0 Å². The Morgan fingerprint density at radius 3 is 2.03 bits per heavy atom. The number of aromatic nitrogens is 1. The van der Waals surface area contributed by atoms with Gasteiger partial charge in [-0.15, -0.1) is 0 Å². The summed E-state index contributed by atoms with van der Waals surface area (Å²) in [5.74, 6) is 0. The van der Waals surface area contributed by atoms with E-state index < -0.39 is 0 Å². The molecule has 0 radical (unpaired) electrons. The Kier molecular flexibility index (Phi) is 9.04. The second-order valence-electron chi connectivity index (χ2n) is 10.7. The van der Waals surface area contributed by atoms with Gasteiger partial charge in [0.15, 0.2) is 0 Å². The van der Waals surface area contributed by atoms with Crippen molar-refractivity contribution < 1.29 is 0 Å². The molecule has 39 heavy (non-hydrogen) atoms. The Bertz CT molecular complexity index is 1260. The Balaban J connectivity index is 1.43. The van der Waals surface area contributed by atoms with E-state index >= 15 is 0 Å². The molecule has 5 heteroatoms. The first-order chi connectivity index (χ1) is 19.1. The quantitative estimate of drug-likeness (QED) is 0.216. The van der Waals surface area contributed by atoms with Crippen LogP contribution in [0.2, 0.25) is 10.0 Å². The van der Waals surface area contributed by atoms with Crippen LogP contribution in [0, 0.1) is 0 Å². The van der Waals surface area contributed by atoms with Crippen molar-refractivity contribution in [2.45, 2.75) is 37.0 Å². The molecule has 4 aromatic rings. The number of likely N-dealkylation sites (tertiary alicyclic amines) is 1. The number of pyridine rings is 1. The number of piperidine rings is 1. The van der Waals surface area contributed by atoms with Crippen molar-refractivity contribution in [3.63, 3.8) is 0 Å². The van der Waals surface area contributed by atoms with Crippen molar-refractivity contribution in [1.82, 2.24) is 15.2 Å². The molecule has 1 saturated heterocycles. The van der Waals surface area contributed by atoms with Crippen LogP contribution in [0.25, 0.3) is 0 Å². The highest BCUT2D eigenvalue weighted by Crippen LogP contribution is 2.43. The Labute approximate surface area is 243 Å². The van der Waals surface area contributed by atoms with Gasteiger partial charge in [0.05, 0.1) is 0 Å². The monoisotopic (exact) mass is 557 g/mol. The van der Waals surface area contributed by atoms with E-state index in [1.165, 1.54) is 22.3 Å². The number of hydrogen-bond acceptors (Lipinski definition) is 3. The molecule has 1 unspecified atom stereocenters. The van der Waals surface area contributed by atoms with Gasteiger partial charge in [0.2, 0.25) is 0 Å². The van der Waals surface area contributed by atoms with Crippen LogP contribution in [0.1, 0.15) is 48.4 Å². The molecular formula is C34H37Cl2N3. The molecule has 0 amide bonds. The summed E-state index contributed by atoms with van der Waals surface area (Å²) in [6.07, 6.45) is 7.07. The van der Waals surface area contributed by atoms with E-state index in [2.05, 4.69) is 82.8 Å². The molecule has 0 aliphatic carbocycles. The number of halogens is 2. The number of likely N-dealkylation sites (N-methyl/N-ethyl adjacent to an activating group) is 1. The van der Waals surface area contributed by atoms with E-state index in [4.69, 9.17) is 23.2 Å². The fraction of sp³-hybridized carbons (Fsp3) is 0.324. The lowest BCUT2D eigenvalue weighted by molar-refractivity contribution is 0.150. The molecule has 202 valence electrons. The summed E-state index contributed by atoms with van der Waals surface area (Å²) in [5.41, 5.74) is 4.92. The van der Waals surface area contributed by atoms with Crippen LogP contribution in [-0.4, -0.2) is 42.6 Å². The minimum absolute atomic E-state index is 0.132. The Hall–Kier alpha value is -2.69. The maximum Gasteiger partial charge on any atom is 0.0478 e. The summed E-state index contributed by atoms with van der Waals surface area (Å²) in [6, 6.07) is 32.0. The smallest absolute Gasteiger partial charge is 0.0478 e. The number of hydrogen-bond donors (Lipinski definition) is 1. The number of nitrogens with one attached hydrogen (secondary N) is 1. The molecule has 1 atom stereocenters. The van der Waals surface area contributed by atoms with E-state index in [1.807, 2.05) is 42.7 Å². The summed E-state index contributed by atoms with van der Waals surface area (Å²) >= 11 is 12.6. The first-order valence-corrected chi connectivity index (χ1v) is 14.7. The van der Waals surface area contributed by atoms with Crippen molar-refractivity contribution >= 4 is 23.2 Å². The fourth-order valence-electron chi connectivity index (χ4n) is 6.27. The van der Waals surface area contributed by atoms with Gasteiger partial charge in [0.25, 0.3) is 0 Å². The Morgan fingerprint density at radius 2 is 1.41 bits per heavy atom. The molecule has 1 fully saturated rings. The molecule has 3 aromatic carbocycles. The molecule has 0 saturated carbocycles. The lowest BCUT2D eigenvalue weighted by atomic mass is 9.67. The molecule has 1 aromatic heterocycles. The molecular weight excluding hydrogens is 521 g/mol. The second-order valence-corrected chi connectivity index (χ2v) is 11.6. The number of nitrogens with zero attached hydrogens (tertiary/aromatic N) is 2. The summed E-state index contributed by atoms with van der Waals surface area (Å²) in [4.78, 5) is 7.19. The predicted octanol–water partition coefficient (Wildman–Crippen LogP) is 7.76. The zero-order chi connectivity index (χ0) is 27.1. The summed E-state index contributed by atoms with van der Waals surface area (Å²) in [7, 11) is 0. The van der Waals surface area contributed by atoms with Gasteiger partial charge >= 0.3 is 0 Å². The lowest BCUT2D eigenvalue weighted by Crippen LogP contribution is -2.49. The van der Waals surface area contributed by atoms with Gasteiger partial charge in [-0.25, -0.2) is 0 Å². The number of benzene rings is 3. The van der Waals surface area contributed by atoms with E-state index in [0.717, 1.165) is 62.0 Å². The van der Waals surface area contributed by atoms with E-state index in [9.17, 15) is 0 Å². The maximum absolute atomic E-state index is 6.34. The van der Waals surface area contributed by atoms with Crippen LogP contribution in [0.15, 0.2) is 103 Å². The van der Waals surface area contributed by atoms with E-state index in [-0.39, 0.29) is 10.8 Å².